The van der Waals surface area contributed by atoms with Gasteiger partial charge in [0.1, 0.15) is 0 Å². The molecule has 0 bridgehead atoms. The fourth-order valence-corrected chi connectivity index (χ4v) is 2.74. The third kappa shape index (κ3) is 4.00. The number of pyridine rings is 1. The number of carbonyl (C=O) groups excluding carboxylic acids is 1. The molecule has 0 saturated carbocycles. The summed E-state index contributed by atoms with van der Waals surface area (Å²) < 4.78 is 1.05. The molecule has 0 saturated heterocycles. The van der Waals surface area contributed by atoms with E-state index in [-0.39, 0.29) is 5.91 Å². The molecule has 120 valence electrons. The molecule has 4 nitrogen and oxygen atoms in total. The predicted octanol–water partition coefficient (Wildman–Crippen LogP) is 5.15. The van der Waals surface area contributed by atoms with Gasteiger partial charge in [-0.05, 0) is 67.1 Å². The Hall–Kier alpha value is -2.66. The lowest BCUT2D eigenvalue weighted by Gasteiger charge is -2.11. The second-order valence-corrected chi connectivity index (χ2v) is 6.27. The monoisotopic (exact) mass is 381 g/mol. The summed E-state index contributed by atoms with van der Waals surface area (Å²) in [6, 6.07) is 17.1. The maximum Gasteiger partial charge on any atom is 0.257 e. The van der Waals surface area contributed by atoms with Gasteiger partial charge in [0.05, 0.1) is 5.56 Å². The number of aromatic nitrogens is 1. The molecular weight excluding hydrogens is 366 g/mol. The van der Waals surface area contributed by atoms with Crippen LogP contribution in [0.5, 0.6) is 0 Å². The summed E-state index contributed by atoms with van der Waals surface area (Å²) in [5.74, 6) is -0.174. The summed E-state index contributed by atoms with van der Waals surface area (Å²) in [4.78, 5) is 16.0. The second-order valence-electron chi connectivity index (χ2n) is 5.36. The van der Waals surface area contributed by atoms with Gasteiger partial charge in [0.15, 0.2) is 0 Å². The van der Waals surface area contributed by atoms with Crippen LogP contribution < -0.4 is 10.6 Å². The number of hydrogen-bond donors (Lipinski definition) is 2. The predicted molar refractivity (Wildman–Crippen MR) is 101 cm³/mol. The normalized spacial score (nSPS) is 10.2. The molecule has 1 heterocycles. The lowest BCUT2D eigenvalue weighted by atomic mass is 10.2. The standard InChI is InChI=1S/C19H16BrN3O/c1-13-11-15(20)4-9-18(13)22-16-5-7-17(8-6-16)23-19(24)14-3-2-10-21-12-14/h2-12,22H,1H3,(H,23,24). The van der Waals surface area contributed by atoms with E-state index in [0.717, 1.165) is 27.1 Å². The summed E-state index contributed by atoms with van der Waals surface area (Å²) in [6.45, 7) is 2.05. The van der Waals surface area contributed by atoms with Gasteiger partial charge in [-0.25, -0.2) is 0 Å². The number of aryl methyl sites for hydroxylation is 1. The highest BCUT2D eigenvalue weighted by molar-refractivity contribution is 9.10. The van der Waals surface area contributed by atoms with Crippen LogP contribution in [-0.4, -0.2) is 10.9 Å². The van der Waals surface area contributed by atoms with E-state index in [1.54, 1.807) is 24.5 Å². The van der Waals surface area contributed by atoms with Crippen LogP contribution >= 0.6 is 15.9 Å². The Kier molecular flexibility index (Phi) is 4.91. The molecule has 2 N–H and O–H groups in total. The molecule has 0 atom stereocenters. The summed E-state index contributed by atoms with van der Waals surface area (Å²) in [7, 11) is 0. The van der Waals surface area contributed by atoms with Crippen LogP contribution in [0.25, 0.3) is 0 Å². The van der Waals surface area contributed by atoms with Gasteiger partial charge in [0, 0.05) is 33.9 Å². The Morgan fingerprint density at radius 3 is 2.46 bits per heavy atom. The van der Waals surface area contributed by atoms with E-state index in [1.807, 2.05) is 36.4 Å². The minimum Gasteiger partial charge on any atom is -0.355 e. The quantitative estimate of drug-likeness (QED) is 0.656. The topological polar surface area (TPSA) is 54.0 Å². The summed E-state index contributed by atoms with van der Waals surface area (Å²) in [5, 5.41) is 6.22. The van der Waals surface area contributed by atoms with E-state index in [4.69, 9.17) is 0 Å². The molecule has 0 radical (unpaired) electrons. The molecule has 24 heavy (non-hydrogen) atoms. The van der Waals surface area contributed by atoms with Crippen molar-refractivity contribution in [2.24, 2.45) is 0 Å². The number of anilines is 3. The van der Waals surface area contributed by atoms with E-state index in [2.05, 4.69) is 44.5 Å². The molecule has 0 fully saturated rings. The number of benzene rings is 2. The van der Waals surface area contributed by atoms with Crippen LogP contribution in [0.4, 0.5) is 17.1 Å². The van der Waals surface area contributed by atoms with Crippen molar-refractivity contribution in [1.82, 2.24) is 4.98 Å². The average molecular weight is 382 g/mol. The van der Waals surface area contributed by atoms with E-state index in [1.165, 1.54) is 0 Å². The van der Waals surface area contributed by atoms with Crippen LogP contribution in [0.3, 0.4) is 0 Å². The van der Waals surface area contributed by atoms with Gasteiger partial charge in [-0.3, -0.25) is 9.78 Å². The first-order chi connectivity index (χ1) is 11.6. The van der Waals surface area contributed by atoms with Gasteiger partial charge >= 0.3 is 0 Å². The highest BCUT2D eigenvalue weighted by Gasteiger charge is 2.06. The molecule has 3 rings (SSSR count). The van der Waals surface area contributed by atoms with Gasteiger partial charge in [-0.15, -0.1) is 0 Å². The molecule has 2 aromatic carbocycles. The number of halogens is 1. The lowest BCUT2D eigenvalue weighted by molar-refractivity contribution is 0.102. The smallest absolute Gasteiger partial charge is 0.257 e. The number of hydrogen-bond acceptors (Lipinski definition) is 3. The van der Waals surface area contributed by atoms with Crippen molar-refractivity contribution in [2.45, 2.75) is 6.92 Å². The number of carbonyl (C=O) groups is 1. The summed E-state index contributed by atoms with van der Waals surface area (Å²) in [6.07, 6.45) is 3.18. The Balaban J connectivity index is 1.68. The van der Waals surface area contributed by atoms with Crippen LogP contribution in [0.15, 0.2) is 71.5 Å². The Morgan fingerprint density at radius 2 is 1.79 bits per heavy atom. The molecule has 0 spiro atoms. The van der Waals surface area contributed by atoms with Crippen molar-refractivity contribution in [3.05, 3.63) is 82.6 Å². The Morgan fingerprint density at radius 1 is 1.04 bits per heavy atom. The first kappa shape index (κ1) is 16.2. The largest absolute Gasteiger partial charge is 0.355 e. The maximum atomic E-state index is 12.1. The van der Waals surface area contributed by atoms with Crippen LogP contribution in [0.2, 0.25) is 0 Å². The Labute approximate surface area is 149 Å². The number of nitrogens with one attached hydrogen (secondary N) is 2. The van der Waals surface area contributed by atoms with Gasteiger partial charge < -0.3 is 10.6 Å². The van der Waals surface area contributed by atoms with Crippen molar-refractivity contribution in [1.29, 1.82) is 0 Å². The van der Waals surface area contributed by atoms with Crippen LogP contribution in [-0.2, 0) is 0 Å². The SMILES string of the molecule is Cc1cc(Br)ccc1Nc1ccc(NC(=O)c2cccnc2)cc1. The first-order valence-corrected chi connectivity index (χ1v) is 8.26. The van der Waals surface area contributed by atoms with Gasteiger partial charge in [-0.1, -0.05) is 15.9 Å². The average Bonchev–Trinajstić information content (AvgIpc) is 2.60. The van der Waals surface area contributed by atoms with Gasteiger partial charge in [-0.2, -0.15) is 0 Å². The highest BCUT2D eigenvalue weighted by atomic mass is 79.9. The first-order valence-electron chi connectivity index (χ1n) is 7.46. The van der Waals surface area contributed by atoms with Gasteiger partial charge in [0.2, 0.25) is 0 Å². The number of amides is 1. The molecule has 1 amide bonds. The molecule has 0 aliphatic heterocycles. The number of rotatable bonds is 4. The van der Waals surface area contributed by atoms with E-state index < -0.39 is 0 Å². The summed E-state index contributed by atoms with van der Waals surface area (Å²) in [5.41, 5.74) is 4.43. The third-order valence-electron chi connectivity index (χ3n) is 3.53. The molecular formula is C19H16BrN3O. The van der Waals surface area contributed by atoms with E-state index in [9.17, 15) is 4.79 Å². The van der Waals surface area contributed by atoms with Crippen molar-refractivity contribution in [3.63, 3.8) is 0 Å². The fraction of sp³-hybridized carbons (Fsp3) is 0.0526. The molecule has 0 aliphatic rings. The van der Waals surface area contributed by atoms with E-state index >= 15 is 0 Å². The molecule has 1 aromatic heterocycles. The molecule has 0 aliphatic carbocycles. The fourth-order valence-electron chi connectivity index (χ4n) is 2.26. The van der Waals surface area contributed by atoms with E-state index in [0.29, 0.717) is 5.56 Å². The van der Waals surface area contributed by atoms with Crippen LogP contribution in [0, 0.1) is 6.92 Å². The van der Waals surface area contributed by atoms with Gasteiger partial charge in [0.25, 0.3) is 5.91 Å². The zero-order valence-electron chi connectivity index (χ0n) is 13.1. The Bertz CT molecular complexity index is 848. The number of nitrogens with zero attached hydrogens (tertiary/aromatic N) is 1. The van der Waals surface area contributed by atoms with Crippen molar-refractivity contribution in [2.75, 3.05) is 10.6 Å². The van der Waals surface area contributed by atoms with Crippen molar-refractivity contribution in [3.8, 4) is 0 Å². The van der Waals surface area contributed by atoms with Crippen molar-refractivity contribution >= 4 is 38.9 Å². The minimum atomic E-state index is -0.174. The highest BCUT2D eigenvalue weighted by Crippen LogP contribution is 2.24. The zero-order chi connectivity index (χ0) is 16.9. The maximum absolute atomic E-state index is 12.1. The third-order valence-corrected chi connectivity index (χ3v) is 4.03. The van der Waals surface area contributed by atoms with Crippen molar-refractivity contribution < 1.29 is 4.79 Å². The zero-order valence-corrected chi connectivity index (χ0v) is 14.7. The minimum absolute atomic E-state index is 0.174. The molecule has 3 aromatic rings. The van der Waals surface area contributed by atoms with Crippen LogP contribution in [0.1, 0.15) is 15.9 Å². The summed E-state index contributed by atoms with van der Waals surface area (Å²) >= 11 is 3.46. The second kappa shape index (κ2) is 7.27. The molecule has 0 unspecified atom stereocenters. The molecule has 5 heteroatoms. The lowest BCUT2D eigenvalue weighted by Crippen LogP contribution is -2.11.